The first-order chi connectivity index (χ1) is 17.0. The summed E-state index contributed by atoms with van der Waals surface area (Å²) in [6.45, 7) is 2.44. The van der Waals surface area contributed by atoms with Gasteiger partial charge >= 0.3 is 0 Å². The molecule has 0 unspecified atom stereocenters. The number of nitrogens with zero attached hydrogens (tertiary/aromatic N) is 1. The Labute approximate surface area is 204 Å². The largest absolute Gasteiger partial charge is 0.489 e. The van der Waals surface area contributed by atoms with Crippen molar-refractivity contribution in [2.45, 2.75) is 26.4 Å². The molecule has 5 rings (SSSR count). The van der Waals surface area contributed by atoms with E-state index < -0.39 is 0 Å². The lowest BCUT2D eigenvalue weighted by Crippen LogP contribution is -2.33. The zero-order chi connectivity index (χ0) is 24.4. The number of nitrogens with one attached hydrogen (secondary N) is 1. The van der Waals surface area contributed by atoms with Crippen LogP contribution in [0.1, 0.15) is 35.7 Å². The molecule has 2 atom stereocenters. The molecule has 2 aliphatic rings. The van der Waals surface area contributed by atoms with E-state index in [9.17, 15) is 14.4 Å². The Morgan fingerprint density at radius 1 is 0.914 bits per heavy atom. The number of para-hydroxylation sites is 1. The molecule has 0 saturated carbocycles. The summed E-state index contributed by atoms with van der Waals surface area (Å²) < 4.78 is 5.80. The lowest BCUT2D eigenvalue weighted by atomic mass is 9.82. The minimum atomic E-state index is -0.386. The molecule has 1 aliphatic heterocycles. The van der Waals surface area contributed by atoms with Crippen LogP contribution in [0.25, 0.3) is 0 Å². The van der Waals surface area contributed by atoms with E-state index in [1.807, 2.05) is 43.3 Å². The summed E-state index contributed by atoms with van der Waals surface area (Å²) in [6.07, 6.45) is 3.17. The molecule has 0 radical (unpaired) electrons. The number of hydrogen-bond donors (Lipinski definition) is 1. The van der Waals surface area contributed by atoms with Crippen LogP contribution in [0.3, 0.4) is 0 Å². The molecule has 3 aromatic carbocycles. The maximum absolute atomic E-state index is 13.2. The number of anilines is 2. The van der Waals surface area contributed by atoms with E-state index in [1.54, 1.807) is 48.5 Å². The summed E-state index contributed by atoms with van der Waals surface area (Å²) in [5.41, 5.74) is 3.39. The maximum atomic E-state index is 13.2. The van der Waals surface area contributed by atoms with Crippen molar-refractivity contribution in [2.24, 2.45) is 11.8 Å². The first-order valence-corrected chi connectivity index (χ1v) is 11.7. The third-order valence-electron chi connectivity index (χ3n) is 6.57. The second-order valence-electron chi connectivity index (χ2n) is 8.99. The fourth-order valence-corrected chi connectivity index (χ4v) is 4.71. The Morgan fingerprint density at radius 3 is 2.37 bits per heavy atom. The Kier molecular flexibility index (Phi) is 6.19. The number of benzene rings is 3. The predicted octanol–water partition coefficient (Wildman–Crippen LogP) is 5.36. The van der Waals surface area contributed by atoms with Gasteiger partial charge in [-0.15, -0.1) is 0 Å². The van der Waals surface area contributed by atoms with Gasteiger partial charge in [-0.3, -0.25) is 14.4 Å². The van der Waals surface area contributed by atoms with Gasteiger partial charge in [0.1, 0.15) is 12.4 Å². The molecule has 1 fully saturated rings. The molecule has 6 heteroatoms. The zero-order valence-corrected chi connectivity index (χ0v) is 19.4. The Bertz CT molecular complexity index is 1300. The van der Waals surface area contributed by atoms with Gasteiger partial charge in [0.05, 0.1) is 23.1 Å². The minimum Gasteiger partial charge on any atom is -0.489 e. The lowest BCUT2D eigenvalue weighted by Gasteiger charge is -2.19. The second kappa shape index (κ2) is 9.58. The van der Waals surface area contributed by atoms with Crippen LogP contribution in [0.15, 0.2) is 90.5 Å². The van der Waals surface area contributed by atoms with E-state index in [0.717, 1.165) is 11.1 Å². The molecule has 3 amide bonds. The monoisotopic (exact) mass is 466 g/mol. The van der Waals surface area contributed by atoms with Gasteiger partial charge in [0.2, 0.25) is 11.8 Å². The summed E-state index contributed by atoms with van der Waals surface area (Å²) in [4.78, 5) is 40.7. The zero-order valence-electron chi connectivity index (χ0n) is 19.4. The molecular formula is C29H26N2O4. The number of carbonyl (C=O) groups excluding carboxylic acids is 3. The third-order valence-corrected chi connectivity index (χ3v) is 6.57. The molecule has 0 spiro atoms. The molecule has 176 valence electrons. The first kappa shape index (κ1) is 22.6. The number of amides is 3. The molecular weight excluding hydrogens is 440 g/mol. The maximum Gasteiger partial charge on any atom is 0.257 e. The number of fused-ring (bicyclic) bond motifs is 1. The molecule has 3 aromatic rings. The van der Waals surface area contributed by atoms with Crippen molar-refractivity contribution in [2.75, 3.05) is 10.2 Å². The number of ether oxygens (including phenoxy) is 1. The van der Waals surface area contributed by atoms with E-state index in [-0.39, 0.29) is 35.1 Å². The standard InChI is InChI=1S/C29H26N2O4/c1-19-11-16-23-25(17-19)29(34)31(28(23)33)26-10-6-5-9-24(26)27(32)30-21-12-14-22(15-13-21)35-18-20-7-3-2-4-8-20/h2-15,23,25H,16-18H2,1H3,(H,30,32)/t23-,25-/m1/s1. The number of imide groups is 1. The summed E-state index contributed by atoms with van der Waals surface area (Å²) >= 11 is 0. The van der Waals surface area contributed by atoms with Crippen molar-refractivity contribution >= 4 is 29.1 Å². The quantitative estimate of drug-likeness (QED) is 0.392. The molecule has 1 aliphatic carbocycles. The average Bonchev–Trinajstić information content (AvgIpc) is 3.13. The van der Waals surface area contributed by atoms with Gasteiger partial charge in [0, 0.05) is 5.69 Å². The summed E-state index contributed by atoms with van der Waals surface area (Å²) in [5.74, 6) is -0.871. The highest BCUT2D eigenvalue weighted by molar-refractivity contribution is 6.25. The van der Waals surface area contributed by atoms with Gasteiger partial charge in [0.15, 0.2) is 0 Å². The van der Waals surface area contributed by atoms with Gasteiger partial charge in [0.25, 0.3) is 5.91 Å². The topological polar surface area (TPSA) is 75.7 Å². The van der Waals surface area contributed by atoms with Crippen molar-refractivity contribution in [1.82, 2.24) is 0 Å². The van der Waals surface area contributed by atoms with E-state index in [1.165, 1.54) is 4.90 Å². The minimum absolute atomic E-state index is 0.229. The Balaban J connectivity index is 1.30. The van der Waals surface area contributed by atoms with Gasteiger partial charge in [-0.05, 0) is 61.7 Å². The van der Waals surface area contributed by atoms with E-state index >= 15 is 0 Å². The van der Waals surface area contributed by atoms with Crippen LogP contribution < -0.4 is 15.0 Å². The van der Waals surface area contributed by atoms with E-state index in [4.69, 9.17) is 4.74 Å². The predicted molar refractivity (Wildman–Crippen MR) is 134 cm³/mol. The van der Waals surface area contributed by atoms with Gasteiger partial charge < -0.3 is 10.1 Å². The first-order valence-electron chi connectivity index (χ1n) is 11.7. The van der Waals surface area contributed by atoms with Crippen LogP contribution in [0.5, 0.6) is 5.75 Å². The highest BCUT2D eigenvalue weighted by Crippen LogP contribution is 2.40. The number of carbonyl (C=O) groups is 3. The Morgan fingerprint density at radius 2 is 1.60 bits per heavy atom. The number of rotatable bonds is 6. The van der Waals surface area contributed by atoms with Gasteiger partial charge in [-0.2, -0.15) is 0 Å². The van der Waals surface area contributed by atoms with Crippen LogP contribution in [0.4, 0.5) is 11.4 Å². The van der Waals surface area contributed by atoms with Crippen LogP contribution >= 0.6 is 0 Å². The lowest BCUT2D eigenvalue weighted by molar-refractivity contribution is -0.122. The van der Waals surface area contributed by atoms with Crippen molar-refractivity contribution in [1.29, 1.82) is 0 Å². The van der Waals surface area contributed by atoms with Crippen LogP contribution in [-0.4, -0.2) is 17.7 Å². The van der Waals surface area contributed by atoms with E-state index in [2.05, 4.69) is 5.32 Å². The number of allylic oxidation sites excluding steroid dienone is 2. The van der Waals surface area contributed by atoms with Crippen LogP contribution in [-0.2, 0) is 16.2 Å². The van der Waals surface area contributed by atoms with Crippen LogP contribution in [0.2, 0.25) is 0 Å². The molecule has 1 N–H and O–H groups in total. The van der Waals surface area contributed by atoms with Crippen molar-refractivity contribution < 1.29 is 19.1 Å². The highest BCUT2D eigenvalue weighted by Gasteiger charge is 2.49. The second-order valence-corrected chi connectivity index (χ2v) is 8.99. The van der Waals surface area contributed by atoms with Crippen molar-refractivity contribution in [3.05, 3.63) is 102 Å². The Hall–Kier alpha value is -4.19. The van der Waals surface area contributed by atoms with Crippen LogP contribution in [0, 0.1) is 11.8 Å². The molecule has 0 bridgehead atoms. The molecule has 35 heavy (non-hydrogen) atoms. The summed E-state index contributed by atoms with van der Waals surface area (Å²) in [6, 6.07) is 23.7. The fourth-order valence-electron chi connectivity index (χ4n) is 4.71. The summed E-state index contributed by atoms with van der Waals surface area (Å²) in [7, 11) is 0. The molecule has 1 heterocycles. The highest BCUT2D eigenvalue weighted by atomic mass is 16.5. The molecule has 0 aromatic heterocycles. The van der Waals surface area contributed by atoms with Crippen molar-refractivity contribution in [3.63, 3.8) is 0 Å². The molecule has 1 saturated heterocycles. The normalized spacial score (nSPS) is 19.2. The van der Waals surface area contributed by atoms with Gasteiger partial charge in [-0.25, -0.2) is 4.90 Å². The molecule has 6 nitrogen and oxygen atoms in total. The fraction of sp³-hybridized carbons (Fsp3) is 0.207. The average molecular weight is 467 g/mol. The van der Waals surface area contributed by atoms with Gasteiger partial charge in [-0.1, -0.05) is 54.1 Å². The number of hydrogen-bond acceptors (Lipinski definition) is 4. The third kappa shape index (κ3) is 4.60. The SMILES string of the molecule is CC1=CC[C@H]2C(=O)N(c3ccccc3C(=O)Nc3ccc(OCc4ccccc4)cc3)C(=O)[C@@H]2C1. The van der Waals surface area contributed by atoms with Crippen molar-refractivity contribution in [3.8, 4) is 5.75 Å². The smallest absolute Gasteiger partial charge is 0.257 e. The van der Waals surface area contributed by atoms with E-state index in [0.29, 0.717) is 36.6 Å². The summed E-state index contributed by atoms with van der Waals surface area (Å²) in [5, 5.41) is 2.87.